The quantitative estimate of drug-likeness (QED) is 0.424. The Morgan fingerprint density at radius 3 is 2.12 bits per heavy atom. The van der Waals surface area contributed by atoms with Crippen LogP contribution >= 0.6 is 0 Å². The zero-order valence-electron chi connectivity index (χ0n) is 25.6. The zero-order chi connectivity index (χ0) is 31.6. The van der Waals surface area contributed by atoms with Crippen molar-refractivity contribution in [3.05, 3.63) is 51.7 Å². The maximum atomic E-state index is 14.0. The average Bonchev–Trinajstić information content (AvgIpc) is 3.06. The van der Waals surface area contributed by atoms with Gasteiger partial charge in [0.05, 0.1) is 12.3 Å². The second kappa shape index (κ2) is 12.9. The monoisotopic (exact) mass is 623 g/mol. The van der Waals surface area contributed by atoms with Crippen molar-refractivity contribution in [3.63, 3.8) is 0 Å². The van der Waals surface area contributed by atoms with Crippen LogP contribution in [0, 0.1) is 5.82 Å². The van der Waals surface area contributed by atoms with E-state index in [1.807, 2.05) is 41.5 Å². The van der Waals surface area contributed by atoms with E-state index in [1.54, 1.807) is 0 Å². The lowest BCUT2D eigenvalue weighted by atomic mass is 10.2. The predicted molar refractivity (Wildman–Crippen MR) is 162 cm³/mol. The molecule has 1 saturated heterocycles. The molecule has 0 saturated carbocycles. The molecule has 14 heteroatoms. The van der Waals surface area contributed by atoms with Crippen molar-refractivity contribution in [2.75, 3.05) is 29.7 Å². The third kappa shape index (κ3) is 6.69. The number of nitrogens with zero attached hydrogens (tertiary/aromatic N) is 4. The number of rotatable bonds is 9. The molecule has 1 aromatic heterocycles. The summed E-state index contributed by atoms with van der Waals surface area (Å²) in [4.78, 5) is 45.6. The fourth-order valence-electron chi connectivity index (χ4n) is 5.78. The van der Waals surface area contributed by atoms with Gasteiger partial charge in [0.1, 0.15) is 5.82 Å². The Kier molecular flexibility index (Phi) is 10.2. The molecule has 0 bridgehead atoms. The second-order valence-electron chi connectivity index (χ2n) is 11.6. The molecule has 2 aromatic rings. The SMILES string of the molecule is CC(=O)N1CCN(c2nc(C(=O)NCc3ccc(F)cc3)c(O[Si](C(C)C)(C(C)C)C(C)C)c(=O)n2C)S(=O)(=O)CC1. The maximum absolute atomic E-state index is 14.0. The molecule has 0 unspecified atom stereocenters. The molecule has 1 fully saturated rings. The van der Waals surface area contributed by atoms with Gasteiger partial charge >= 0.3 is 0 Å². The molecule has 1 aliphatic rings. The van der Waals surface area contributed by atoms with Crippen molar-refractivity contribution in [3.8, 4) is 5.75 Å². The number of halogens is 1. The van der Waals surface area contributed by atoms with Crippen molar-refractivity contribution in [2.45, 2.75) is 71.6 Å². The topological polar surface area (TPSA) is 131 Å². The van der Waals surface area contributed by atoms with Crippen LogP contribution in [-0.2, 0) is 28.4 Å². The molecule has 11 nitrogen and oxygen atoms in total. The fraction of sp³-hybridized carbons (Fsp3) is 0.571. The second-order valence-corrected chi connectivity index (χ2v) is 19.0. The highest BCUT2D eigenvalue weighted by Gasteiger charge is 2.48. The lowest BCUT2D eigenvalue weighted by Gasteiger charge is -2.42. The first-order chi connectivity index (χ1) is 19.5. The van der Waals surface area contributed by atoms with Gasteiger partial charge in [-0.2, -0.15) is 0 Å². The zero-order valence-corrected chi connectivity index (χ0v) is 27.4. The van der Waals surface area contributed by atoms with Crippen LogP contribution in [0.1, 0.15) is 64.5 Å². The number of anilines is 1. The van der Waals surface area contributed by atoms with Gasteiger partial charge in [0.2, 0.25) is 27.6 Å². The Hall–Kier alpha value is -3.26. The van der Waals surface area contributed by atoms with Crippen LogP contribution in [0.25, 0.3) is 0 Å². The molecule has 0 atom stereocenters. The van der Waals surface area contributed by atoms with E-state index < -0.39 is 35.6 Å². The Morgan fingerprint density at radius 1 is 1.02 bits per heavy atom. The van der Waals surface area contributed by atoms with Crippen LogP contribution in [0.15, 0.2) is 29.1 Å². The van der Waals surface area contributed by atoms with Crippen LogP contribution in [0.3, 0.4) is 0 Å². The highest BCUT2D eigenvalue weighted by atomic mass is 32.2. The third-order valence-electron chi connectivity index (χ3n) is 7.99. The minimum absolute atomic E-state index is 0.000391. The van der Waals surface area contributed by atoms with E-state index in [2.05, 4.69) is 10.3 Å². The first-order valence-electron chi connectivity index (χ1n) is 14.1. The minimum atomic E-state index is -3.99. The normalized spacial score (nSPS) is 15.7. The Balaban J connectivity index is 2.19. The van der Waals surface area contributed by atoms with Crippen LogP contribution in [-0.4, -0.2) is 68.4 Å². The van der Waals surface area contributed by atoms with E-state index in [0.717, 1.165) is 8.87 Å². The summed E-state index contributed by atoms with van der Waals surface area (Å²) in [5, 5.41) is 2.72. The van der Waals surface area contributed by atoms with Gasteiger partial charge in [0, 0.05) is 33.6 Å². The van der Waals surface area contributed by atoms with Crippen molar-refractivity contribution in [2.24, 2.45) is 7.05 Å². The van der Waals surface area contributed by atoms with E-state index in [-0.39, 0.29) is 71.9 Å². The number of amides is 2. The first-order valence-corrected chi connectivity index (χ1v) is 17.9. The van der Waals surface area contributed by atoms with E-state index in [1.165, 1.54) is 43.1 Å². The number of hydrogen-bond acceptors (Lipinski definition) is 7. The molecule has 1 N–H and O–H groups in total. The third-order valence-corrected chi connectivity index (χ3v) is 15.7. The predicted octanol–water partition coefficient (Wildman–Crippen LogP) is 3.40. The molecule has 0 spiro atoms. The summed E-state index contributed by atoms with van der Waals surface area (Å²) < 4.78 is 48.8. The summed E-state index contributed by atoms with van der Waals surface area (Å²) in [6, 6.07) is 5.59. The van der Waals surface area contributed by atoms with Crippen molar-refractivity contribution >= 4 is 36.1 Å². The molecule has 3 rings (SSSR count). The van der Waals surface area contributed by atoms with Gasteiger partial charge in [-0.3, -0.25) is 19.0 Å². The van der Waals surface area contributed by atoms with Gasteiger partial charge in [-0.05, 0) is 34.3 Å². The summed E-state index contributed by atoms with van der Waals surface area (Å²) in [5.41, 5.74) is -0.182. The molecule has 2 heterocycles. The van der Waals surface area contributed by atoms with E-state index in [4.69, 9.17) is 4.43 Å². The van der Waals surface area contributed by atoms with Crippen molar-refractivity contribution < 1.29 is 26.8 Å². The molecular formula is C28H42FN5O6SSi. The maximum Gasteiger partial charge on any atom is 0.296 e. The Morgan fingerprint density at radius 2 is 1.60 bits per heavy atom. The average molecular weight is 624 g/mol. The summed E-state index contributed by atoms with van der Waals surface area (Å²) in [6.45, 7) is 13.6. The number of aromatic nitrogens is 2. The van der Waals surface area contributed by atoms with E-state index in [9.17, 15) is 27.2 Å². The van der Waals surface area contributed by atoms with Gasteiger partial charge in [0.25, 0.3) is 19.8 Å². The number of sulfonamides is 1. The molecular weight excluding hydrogens is 581 g/mol. The van der Waals surface area contributed by atoms with Crippen LogP contribution in [0.4, 0.5) is 10.3 Å². The molecule has 42 heavy (non-hydrogen) atoms. The summed E-state index contributed by atoms with van der Waals surface area (Å²) in [7, 11) is -5.36. The Labute approximate surface area is 248 Å². The number of nitrogens with one attached hydrogen (secondary N) is 1. The lowest BCUT2D eigenvalue weighted by Crippen LogP contribution is -2.52. The number of benzene rings is 1. The van der Waals surface area contributed by atoms with Gasteiger partial charge in [0.15, 0.2) is 5.69 Å². The molecule has 0 radical (unpaired) electrons. The molecule has 0 aliphatic carbocycles. The summed E-state index contributed by atoms with van der Waals surface area (Å²) in [6.07, 6.45) is 0. The van der Waals surface area contributed by atoms with Crippen molar-refractivity contribution in [1.82, 2.24) is 19.8 Å². The van der Waals surface area contributed by atoms with Gasteiger partial charge < -0.3 is 14.6 Å². The standard InChI is InChI=1S/C28H42FN5O6SSi/c1-18(2)42(19(3)4,20(5)6)40-25-24(26(36)30-17-22-9-11-23(29)12-10-22)31-28(32(8)27(25)37)34-14-13-33(21(7)35)15-16-41(34,38)39/h9-12,18-20H,13-17H2,1-8H3,(H,30,36). The highest BCUT2D eigenvalue weighted by molar-refractivity contribution is 7.92. The van der Waals surface area contributed by atoms with Crippen LogP contribution in [0.5, 0.6) is 5.75 Å². The highest BCUT2D eigenvalue weighted by Crippen LogP contribution is 2.42. The fourth-order valence-corrected chi connectivity index (χ4v) is 12.5. The summed E-state index contributed by atoms with van der Waals surface area (Å²) in [5.74, 6) is -2.25. The van der Waals surface area contributed by atoms with Crippen LogP contribution in [0.2, 0.25) is 16.6 Å². The number of hydrogen-bond donors (Lipinski definition) is 1. The molecule has 1 aliphatic heterocycles. The first kappa shape index (κ1) is 33.2. The van der Waals surface area contributed by atoms with Gasteiger partial charge in [-0.1, -0.05) is 53.7 Å². The van der Waals surface area contributed by atoms with E-state index >= 15 is 0 Å². The van der Waals surface area contributed by atoms with Gasteiger partial charge in [-0.25, -0.2) is 22.1 Å². The summed E-state index contributed by atoms with van der Waals surface area (Å²) >= 11 is 0. The lowest BCUT2D eigenvalue weighted by molar-refractivity contribution is -0.128. The van der Waals surface area contributed by atoms with Crippen LogP contribution < -0.4 is 19.6 Å². The minimum Gasteiger partial charge on any atom is -0.537 e. The smallest absolute Gasteiger partial charge is 0.296 e. The Bertz CT molecular complexity index is 1460. The molecule has 232 valence electrons. The molecule has 1 aromatic carbocycles. The van der Waals surface area contributed by atoms with Gasteiger partial charge in [-0.15, -0.1) is 0 Å². The largest absolute Gasteiger partial charge is 0.537 e. The van der Waals surface area contributed by atoms with E-state index in [0.29, 0.717) is 5.56 Å². The number of carbonyl (C=O) groups excluding carboxylic acids is 2. The van der Waals surface area contributed by atoms with Crippen molar-refractivity contribution in [1.29, 1.82) is 0 Å². The number of carbonyl (C=O) groups is 2. The molecule has 2 amide bonds.